The van der Waals surface area contributed by atoms with Crippen LogP contribution >= 0.6 is 0 Å². The third-order valence-electron chi connectivity index (χ3n) is 11.2. The third kappa shape index (κ3) is 3.26. The van der Waals surface area contributed by atoms with Gasteiger partial charge in [-0.1, -0.05) is 59.8 Å². The van der Waals surface area contributed by atoms with Crippen LogP contribution in [0.4, 0.5) is 0 Å². The number of hydrogen-bond donors (Lipinski definition) is 1. The van der Waals surface area contributed by atoms with E-state index >= 15 is 0 Å². The zero-order valence-electron chi connectivity index (χ0n) is 21.6. The van der Waals surface area contributed by atoms with Crippen LogP contribution < -0.4 is 0 Å². The number of aldehydes is 1. The second-order valence-corrected chi connectivity index (χ2v) is 13.0. The molecule has 0 aromatic rings. The summed E-state index contributed by atoms with van der Waals surface area (Å²) in [5.41, 5.74) is 4.86. The summed E-state index contributed by atoms with van der Waals surface area (Å²) in [6.45, 7) is 16.6. The largest absolute Gasteiger partial charge is 0.393 e. The van der Waals surface area contributed by atoms with Crippen LogP contribution in [0, 0.1) is 39.4 Å². The van der Waals surface area contributed by atoms with E-state index in [9.17, 15) is 9.90 Å². The molecule has 0 radical (unpaired) electrons. The highest BCUT2D eigenvalue weighted by molar-refractivity contribution is 5.71. The Morgan fingerprint density at radius 2 is 1.84 bits per heavy atom. The summed E-state index contributed by atoms with van der Waals surface area (Å²) in [6, 6.07) is 0. The molecule has 4 aliphatic rings. The second kappa shape index (κ2) is 7.97. The van der Waals surface area contributed by atoms with Crippen molar-refractivity contribution < 1.29 is 9.90 Å². The highest BCUT2D eigenvalue weighted by atomic mass is 16.3. The third-order valence-corrected chi connectivity index (χ3v) is 11.2. The van der Waals surface area contributed by atoms with Crippen molar-refractivity contribution in [3.8, 4) is 0 Å². The zero-order valence-corrected chi connectivity index (χ0v) is 21.6. The molecule has 178 valence electrons. The van der Waals surface area contributed by atoms with E-state index in [2.05, 4.69) is 59.8 Å². The summed E-state index contributed by atoms with van der Waals surface area (Å²) in [5, 5.41) is 10.8. The Labute approximate surface area is 196 Å². The van der Waals surface area contributed by atoms with Gasteiger partial charge >= 0.3 is 0 Å². The lowest BCUT2D eigenvalue weighted by Crippen LogP contribution is -2.54. The van der Waals surface area contributed by atoms with E-state index in [1.165, 1.54) is 25.7 Å². The van der Waals surface area contributed by atoms with Crippen molar-refractivity contribution in [2.75, 3.05) is 0 Å². The van der Waals surface area contributed by atoms with Crippen molar-refractivity contribution in [2.45, 2.75) is 106 Å². The minimum atomic E-state index is -0.186. The Bertz CT molecular complexity index is 860. The quantitative estimate of drug-likeness (QED) is 0.358. The monoisotopic (exact) mass is 438 g/mol. The molecule has 0 amide bonds. The molecule has 0 saturated heterocycles. The maximum absolute atomic E-state index is 10.9. The molecule has 1 N–H and O–H groups in total. The fourth-order valence-electron chi connectivity index (χ4n) is 8.77. The average molecular weight is 439 g/mol. The minimum Gasteiger partial charge on any atom is -0.393 e. The zero-order chi connectivity index (χ0) is 23.5. The van der Waals surface area contributed by atoms with Crippen molar-refractivity contribution in [1.29, 1.82) is 0 Å². The van der Waals surface area contributed by atoms with Gasteiger partial charge in [0.1, 0.15) is 6.29 Å². The molecule has 1 unspecified atom stereocenters. The van der Waals surface area contributed by atoms with E-state index in [0.29, 0.717) is 17.3 Å². The number of fused-ring (bicyclic) bond motifs is 5. The molecule has 0 aromatic heterocycles. The van der Waals surface area contributed by atoms with Crippen LogP contribution in [0.1, 0.15) is 99.8 Å². The van der Waals surface area contributed by atoms with Gasteiger partial charge in [0.25, 0.3) is 0 Å². The normalized spacial score (nSPS) is 44.0. The van der Waals surface area contributed by atoms with Gasteiger partial charge in [0.2, 0.25) is 0 Å². The number of carbonyl (C=O) groups is 1. The van der Waals surface area contributed by atoms with Crippen LogP contribution in [-0.4, -0.2) is 17.5 Å². The number of aliphatic hydroxyl groups is 1. The average Bonchev–Trinajstić information content (AvgIpc) is 3.02. The van der Waals surface area contributed by atoms with E-state index in [1.807, 2.05) is 6.92 Å². The van der Waals surface area contributed by atoms with Crippen LogP contribution in [0.3, 0.4) is 0 Å². The molecule has 2 saturated carbocycles. The number of carbonyl (C=O) groups excluding carboxylic acids is 1. The molecule has 7 atom stereocenters. The van der Waals surface area contributed by atoms with Gasteiger partial charge in [0, 0.05) is 0 Å². The number of aliphatic hydroxyl groups excluding tert-OH is 1. The van der Waals surface area contributed by atoms with Gasteiger partial charge in [0.05, 0.1) is 6.10 Å². The van der Waals surface area contributed by atoms with E-state index in [-0.39, 0.29) is 22.3 Å². The molecular weight excluding hydrogens is 392 g/mol. The summed E-state index contributed by atoms with van der Waals surface area (Å²) in [7, 11) is 0. The molecule has 4 aliphatic carbocycles. The maximum Gasteiger partial charge on any atom is 0.145 e. The topological polar surface area (TPSA) is 37.3 Å². The molecule has 32 heavy (non-hydrogen) atoms. The minimum absolute atomic E-state index is 0.0303. The Balaban J connectivity index is 1.63. The smallest absolute Gasteiger partial charge is 0.145 e. The highest BCUT2D eigenvalue weighted by Crippen LogP contribution is 2.71. The van der Waals surface area contributed by atoms with E-state index < -0.39 is 0 Å². The van der Waals surface area contributed by atoms with Gasteiger partial charge in [-0.25, -0.2) is 0 Å². The lowest BCUT2D eigenvalue weighted by Gasteiger charge is -2.61. The van der Waals surface area contributed by atoms with Crippen molar-refractivity contribution in [1.82, 2.24) is 0 Å². The van der Waals surface area contributed by atoms with E-state index in [4.69, 9.17) is 0 Å². The molecule has 0 aromatic carbocycles. The summed E-state index contributed by atoms with van der Waals surface area (Å²) >= 11 is 0. The molecule has 4 rings (SSSR count). The SMILES string of the molecule is C/C(C=O)=C/CC[C@@H](C)[C@H]1CC[C@@]2(C)C3=CCC4C(C)(C)[C@@H](O)CC[C@]4(C)C3=CC[C@]12C. The molecule has 0 heterocycles. The molecule has 0 aliphatic heterocycles. The van der Waals surface area contributed by atoms with Crippen molar-refractivity contribution >= 4 is 6.29 Å². The highest BCUT2D eigenvalue weighted by Gasteiger charge is 2.62. The molecule has 0 bridgehead atoms. The fourth-order valence-corrected chi connectivity index (χ4v) is 8.77. The standard InChI is InChI=1S/C30H46O2/c1-20(19-31)9-8-10-21(2)22-13-17-30(7)24-11-12-25-27(3,4)26(32)15-16-28(25,5)23(24)14-18-29(22,30)6/h9,11,14,19,21-22,25-26,32H,8,10,12-13,15-18H2,1-7H3/b20-9-/t21-,22-,25?,26+,28-,29-,30+/m1/s1. The van der Waals surface area contributed by atoms with Gasteiger partial charge in [-0.05, 0) is 114 Å². The molecule has 0 spiro atoms. The number of hydrogen-bond acceptors (Lipinski definition) is 2. The Hall–Kier alpha value is -1.15. The van der Waals surface area contributed by atoms with Gasteiger partial charge < -0.3 is 5.11 Å². The molecular formula is C30H46O2. The van der Waals surface area contributed by atoms with Crippen LogP contribution in [0.5, 0.6) is 0 Å². The van der Waals surface area contributed by atoms with Gasteiger partial charge in [-0.3, -0.25) is 4.79 Å². The predicted octanol–water partition coefficient (Wildman–Crippen LogP) is 7.43. The van der Waals surface area contributed by atoms with E-state index in [1.54, 1.807) is 11.1 Å². The van der Waals surface area contributed by atoms with Gasteiger partial charge in [-0.2, -0.15) is 0 Å². The number of rotatable bonds is 5. The first-order chi connectivity index (χ1) is 14.9. The van der Waals surface area contributed by atoms with Crippen molar-refractivity contribution in [3.05, 3.63) is 34.9 Å². The molecule has 2 heteroatoms. The molecule has 2 fully saturated rings. The first-order valence-electron chi connectivity index (χ1n) is 13.1. The molecule has 2 nitrogen and oxygen atoms in total. The van der Waals surface area contributed by atoms with Crippen molar-refractivity contribution in [3.63, 3.8) is 0 Å². The number of allylic oxidation sites excluding steroid dienone is 6. The second-order valence-electron chi connectivity index (χ2n) is 13.0. The van der Waals surface area contributed by atoms with Gasteiger partial charge in [0.15, 0.2) is 0 Å². The Kier molecular flexibility index (Phi) is 5.97. The summed E-state index contributed by atoms with van der Waals surface area (Å²) < 4.78 is 0. The van der Waals surface area contributed by atoms with Crippen LogP contribution in [0.25, 0.3) is 0 Å². The predicted molar refractivity (Wildman–Crippen MR) is 133 cm³/mol. The Morgan fingerprint density at radius 1 is 1.12 bits per heavy atom. The van der Waals surface area contributed by atoms with Crippen LogP contribution in [0.2, 0.25) is 0 Å². The maximum atomic E-state index is 10.9. The lowest BCUT2D eigenvalue weighted by atomic mass is 9.44. The van der Waals surface area contributed by atoms with Gasteiger partial charge in [-0.15, -0.1) is 0 Å². The van der Waals surface area contributed by atoms with Crippen LogP contribution in [0.15, 0.2) is 34.9 Å². The van der Waals surface area contributed by atoms with Crippen molar-refractivity contribution in [2.24, 2.45) is 39.4 Å². The first-order valence-corrected chi connectivity index (χ1v) is 13.1. The van der Waals surface area contributed by atoms with E-state index in [0.717, 1.165) is 43.5 Å². The first kappa shape index (κ1) is 24.0. The summed E-state index contributed by atoms with van der Waals surface area (Å²) in [4.78, 5) is 10.9. The fraction of sp³-hybridized carbons (Fsp3) is 0.767. The lowest BCUT2D eigenvalue weighted by molar-refractivity contribution is -0.104. The Morgan fingerprint density at radius 3 is 2.53 bits per heavy atom. The summed E-state index contributed by atoms with van der Waals surface area (Å²) in [6.07, 6.45) is 17.2. The summed E-state index contributed by atoms with van der Waals surface area (Å²) in [5.74, 6) is 1.92. The van der Waals surface area contributed by atoms with Crippen LogP contribution in [-0.2, 0) is 4.79 Å².